The quantitative estimate of drug-likeness (QED) is 0.592. The Labute approximate surface area is 183 Å². The van der Waals surface area contributed by atoms with Crippen LogP contribution >= 0.6 is 0 Å². The number of hydrogen-bond donors (Lipinski definition) is 2. The predicted octanol–water partition coefficient (Wildman–Crippen LogP) is 2.50. The van der Waals surface area contributed by atoms with E-state index in [1.807, 2.05) is 60.7 Å². The summed E-state index contributed by atoms with van der Waals surface area (Å²) < 4.78 is 11.2. The van der Waals surface area contributed by atoms with E-state index in [4.69, 9.17) is 9.47 Å². The normalized spacial score (nSPS) is 15.2. The molecule has 3 aromatic carbocycles. The highest BCUT2D eigenvalue weighted by atomic mass is 16.5. The van der Waals surface area contributed by atoms with Crippen LogP contribution in [0.3, 0.4) is 0 Å². The average molecular weight is 418 g/mol. The van der Waals surface area contributed by atoms with Gasteiger partial charge in [0, 0.05) is 0 Å². The largest absolute Gasteiger partial charge is 0.484 e. The topological polar surface area (TPSA) is 52.0 Å². The Kier molecular flexibility index (Phi) is 7.32. The number of rotatable bonds is 8. The lowest BCUT2D eigenvalue weighted by molar-refractivity contribution is -0.909. The lowest BCUT2D eigenvalue weighted by atomic mass is 10.1. The molecule has 4 rings (SSSR count). The third-order valence-corrected chi connectivity index (χ3v) is 5.56. The lowest BCUT2D eigenvalue weighted by Gasteiger charge is -2.28. The standard InChI is InChI=1S/C26H28N2O3/c29-26(20-31-24-13-11-22(12-14-24)21-7-3-1-4-8-21)27-25(23-9-5-2-6-10-23)19-28-15-17-30-18-16-28/h1-14,25H,15-20H2,(H,27,29)/p+1/t25-/m0/s1. The maximum atomic E-state index is 12.7. The van der Waals surface area contributed by atoms with Crippen LogP contribution in [0, 0.1) is 0 Å². The Morgan fingerprint density at radius 1 is 0.871 bits per heavy atom. The molecule has 5 heteroatoms. The molecule has 1 amide bonds. The first-order valence-electron chi connectivity index (χ1n) is 10.8. The molecule has 5 nitrogen and oxygen atoms in total. The van der Waals surface area contributed by atoms with Gasteiger partial charge in [0.2, 0.25) is 0 Å². The molecule has 2 N–H and O–H groups in total. The maximum absolute atomic E-state index is 12.7. The second kappa shape index (κ2) is 10.8. The van der Waals surface area contributed by atoms with Crippen LogP contribution in [-0.2, 0) is 9.53 Å². The molecule has 3 aromatic rings. The van der Waals surface area contributed by atoms with Crippen molar-refractivity contribution >= 4 is 5.91 Å². The van der Waals surface area contributed by atoms with Gasteiger partial charge in [-0.05, 0) is 28.8 Å². The van der Waals surface area contributed by atoms with Crippen LogP contribution in [0.25, 0.3) is 11.1 Å². The van der Waals surface area contributed by atoms with E-state index < -0.39 is 0 Å². The van der Waals surface area contributed by atoms with Crippen LogP contribution in [-0.4, -0.2) is 45.4 Å². The van der Waals surface area contributed by atoms with Crippen LogP contribution in [0.5, 0.6) is 5.75 Å². The Bertz CT molecular complexity index is 939. The summed E-state index contributed by atoms with van der Waals surface area (Å²) in [6.45, 7) is 4.30. The Morgan fingerprint density at radius 2 is 1.48 bits per heavy atom. The van der Waals surface area contributed by atoms with Gasteiger partial charge in [-0.3, -0.25) is 4.79 Å². The van der Waals surface area contributed by atoms with Gasteiger partial charge in [-0.15, -0.1) is 0 Å². The molecule has 0 aromatic heterocycles. The maximum Gasteiger partial charge on any atom is 0.258 e. The second-order valence-corrected chi connectivity index (χ2v) is 7.78. The second-order valence-electron chi connectivity index (χ2n) is 7.78. The molecule has 0 bridgehead atoms. The van der Waals surface area contributed by atoms with Crippen molar-refractivity contribution in [3.05, 3.63) is 90.5 Å². The SMILES string of the molecule is O=C(COc1ccc(-c2ccccc2)cc1)N[C@@H](C[NH+]1CCOCC1)c1ccccc1. The number of nitrogens with one attached hydrogen (secondary N) is 2. The van der Waals surface area contributed by atoms with Crippen LogP contribution in [0.4, 0.5) is 0 Å². The van der Waals surface area contributed by atoms with E-state index in [9.17, 15) is 4.79 Å². The van der Waals surface area contributed by atoms with Gasteiger partial charge in [0.25, 0.3) is 5.91 Å². The minimum atomic E-state index is -0.117. The van der Waals surface area contributed by atoms with Crippen molar-refractivity contribution in [2.24, 2.45) is 0 Å². The van der Waals surface area contributed by atoms with Gasteiger partial charge in [-0.25, -0.2) is 0 Å². The van der Waals surface area contributed by atoms with E-state index in [-0.39, 0.29) is 18.6 Å². The van der Waals surface area contributed by atoms with Gasteiger partial charge in [-0.1, -0.05) is 72.8 Å². The molecule has 1 aliphatic heterocycles. The summed E-state index contributed by atoms with van der Waals surface area (Å²) in [6, 6.07) is 28.1. The van der Waals surface area contributed by atoms with E-state index in [1.165, 1.54) is 4.90 Å². The fourth-order valence-corrected chi connectivity index (χ4v) is 3.85. The first-order chi connectivity index (χ1) is 15.3. The van der Waals surface area contributed by atoms with Crippen molar-refractivity contribution in [2.45, 2.75) is 6.04 Å². The highest BCUT2D eigenvalue weighted by molar-refractivity contribution is 5.78. The van der Waals surface area contributed by atoms with Gasteiger partial charge in [0.1, 0.15) is 31.4 Å². The Morgan fingerprint density at radius 3 is 2.16 bits per heavy atom. The zero-order chi connectivity index (χ0) is 21.3. The molecule has 1 heterocycles. The fourth-order valence-electron chi connectivity index (χ4n) is 3.85. The van der Waals surface area contributed by atoms with E-state index in [1.54, 1.807) is 0 Å². The molecule has 0 unspecified atom stereocenters. The van der Waals surface area contributed by atoms with Crippen LogP contribution < -0.4 is 15.0 Å². The molecular formula is C26H29N2O3+. The number of morpholine rings is 1. The van der Waals surface area contributed by atoms with Crippen LogP contribution in [0.2, 0.25) is 0 Å². The molecule has 31 heavy (non-hydrogen) atoms. The molecule has 0 spiro atoms. The van der Waals surface area contributed by atoms with Crippen molar-refractivity contribution < 1.29 is 19.2 Å². The zero-order valence-electron chi connectivity index (χ0n) is 17.6. The molecule has 0 aliphatic carbocycles. The fraction of sp³-hybridized carbons (Fsp3) is 0.269. The Hall–Kier alpha value is -3.15. The van der Waals surface area contributed by atoms with Crippen molar-refractivity contribution in [2.75, 3.05) is 39.5 Å². The smallest absolute Gasteiger partial charge is 0.258 e. The molecule has 0 radical (unpaired) electrons. The summed E-state index contributed by atoms with van der Waals surface area (Å²) in [7, 11) is 0. The first kappa shape index (κ1) is 21.1. The lowest BCUT2D eigenvalue weighted by Crippen LogP contribution is -3.14. The highest BCUT2D eigenvalue weighted by Gasteiger charge is 2.23. The number of carbonyl (C=O) groups excluding carboxylic acids is 1. The third kappa shape index (κ3) is 6.17. The van der Waals surface area contributed by atoms with Crippen LogP contribution in [0.1, 0.15) is 11.6 Å². The molecule has 1 atom stereocenters. The molecule has 1 aliphatic rings. The van der Waals surface area contributed by atoms with E-state index in [2.05, 4.69) is 29.6 Å². The number of ether oxygens (including phenoxy) is 2. The van der Waals surface area contributed by atoms with Gasteiger partial charge in [0.15, 0.2) is 6.61 Å². The van der Waals surface area contributed by atoms with Crippen molar-refractivity contribution in [1.29, 1.82) is 0 Å². The van der Waals surface area contributed by atoms with E-state index in [0.29, 0.717) is 5.75 Å². The zero-order valence-corrected chi connectivity index (χ0v) is 17.6. The van der Waals surface area contributed by atoms with Gasteiger partial charge in [0.05, 0.1) is 13.2 Å². The minimum Gasteiger partial charge on any atom is -0.484 e. The molecule has 0 saturated carbocycles. The summed E-state index contributed by atoms with van der Waals surface area (Å²) in [5.41, 5.74) is 3.39. The number of amides is 1. The number of hydrogen-bond acceptors (Lipinski definition) is 3. The molecular weight excluding hydrogens is 388 g/mol. The highest BCUT2D eigenvalue weighted by Crippen LogP contribution is 2.22. The molecule has 1 saturated heterocycles. The van der Waals surface area contributed by atoms with Crippen molar-refractivity contribution in [3.8, 4) is 16.9 Å². The number of benzene rings is 3. The van der Waals surface area contributed by atoms with Crippen molar-refractivity contribution in [1.82, 2.24) is 5.32 Å². The summed E-state index contributed by atoms with van der Waals surface area (Å²) in [5, 5.41) is 3.16. The molecule has 1 fully saturated rings. The summed E-state index contributed by atoms with van der Waals surface area (Å²) >= 11 is 0. The van der Waals surface area contributed by atoms with Gasteiger partial charge < -0.3 is 19.7 Å². The third-order valence-electron chi connectivity index (χ3n) is 5.56. The summed E-state index contributed by atoms with van der Waals surface area (Å²) in [5.74, 6) is 0.568. The average Bonchev–Trinajstić information content (AvgIpc) is 2.84. The monoisotopic (exact) mass is 417 g/mol. The van der Waals surface area contributed by atoms with Gasteiger partial charge >= 0.3 is 0 Å². The van der Waals surface area contributed by atoms with Crippen LogP contribution in [0.15, 0.2) is 84.9 Å². The molecule has 160 valence electrons. The van der Waals surface area contributed by atoms with Crippen molar-refractivity contribution in [3.63, 3.8) is 0 Å². The summed E-state index contributed by atoms with van der Waals surface area (Å²) in [4.78, 5) is 14.1. The first-order valence-corrected chi connectivity index (χ1v) is 10.8. The number of quaternary nitrogens is 1. The Balaban J connectivity index is 1.34. The minimum absolute atomic E-state index is 0.00748. The predicted molar refractivity (Wildman–Crippen MR) is 121 cm³/mol. The van der Waals surface area contributed by atoms with E-state index in [0.717, 1.165) is 49.5 Å². The number of carbonyl (C=O) groups is 1. The summed E-state index contributed by atoms with van der Waals surface area (Å²) in [6.07, 6.45) is 0. The van der Waals surface area contributed by atoms with E-state index >= 15 is 0 Å². The van der Waals surface area contributed by atoms with Gasteiger partial charge in [-0.2, -0.15) is 0 Å².